The van der Waals surface area contributed by atoms with Crippen molar-refractivity contribution in [2.75, 3.05) is 0 Å². The molecule has 29 heavy (non-hydrogen) atoms. The van der Waals surface area contributed by atoms with Gasteiger partial charge in [-0.1, -0.05) is 54.6 Å². The van der Waals surface area contributed by atoms with E-state index < -0.39 is 0 Å². The minimum Gasteiger partial charge on any atom is -0.289 e. The predicted octanol–water partition coefficient (Wildman–Crippen LogP) is 3.72. The van der Waals surface area contributed by atoms with Crippen LogP contribution in [-0.4, -0.2) is 31.1 Å². The largest absolute Gasteiger partial charge is 0.289 e. The minimum absolute atomic E-state index is 0.165. The standard InChI is InChI=1S/C23H12N4O2/c28-20-14-8-4-5-9-15(14)21(29)18-16(20)10-11-17-19(18)25-22(13-6-2-1-3-7-13)27-12-24-26-23(17)27/h1-12H. The third kappa shape index (κ3) is 2.08. The molecule has 2 heterocycles. The number of aromatic nitrogens is 4. The van der Waals surface area contributed by atoms with Crippen LogP contribution < -0.4 is 0 Å². The minimum atomic E-state index is -0.198. The smallest absolute Gasteiger partial charge is 0.196 e. The van der Waals surface area contributed by atoms with E-state index in [0.717, 1.165) is 5.56 Å². The van der Waals surface area contributed by atoms with Gasteiger partial charge in [-0.15, -0.1) is 10.2 Å². The summed E-state index contributed by atoms with van der Waals surface area (Å²) < 4.78 is 1.80. The molecule has 2 aromatic heterocycles. The second-order valence-corrected chi connectivity index (χ2v) is 6.91. The molecule has 5 aromatic rings. The molecule has 6 nitrogen and oxygen atoms in total. The van der Waals surface area contributed by atoms with Gasteiger partial charge in [0.1, 0.15) is 12.2 Å². The molecule has 0 aliphatic heterocycles. The highest BCUT2D eigenvalue weighted by Crippen LogP contribution is 2.34. The first-order chi connectivity index (χ1) is 14.2. The van der Waals surface area contributed by atoms with Gasteiger partial charge in [0.15, 0.2) is 17.2 Å². The second kappa shape index (κ2) is 5.65. The SMILES string of the molecule is O=C1c2ccccc2C(=O)c2c1ccc1c2nc(-c2ccccc2)n2cnnc12. The summed E-state index contributed by atoms with van der Waals surface area (Å²) in [6.45, 7) is 0. The lowest BCUT2D eigenvalue weighted by Gasteiger charge is -2.19. The van der Waals surface area contributed by atoms with Gasteiger partial charge in [0.2, 0.25) is 0 Å². The monoisotopic (exact) mass is 376 g/mol. The number of carbonyl (C=O) groups excluding carboxylic acids is 2. The van der Waals surface area contributed by atoms with Crippen LogP contribution in [0.15, 0.2) is 73.1 Å². The molecule has 0 radical (unpaired) electrons. The van der Waals surface area contributed by atoms with Crippen molar-refractivity contribution in [2.45, 2.75) is 0 Å². The summed E-state index contributed by atoms with van der Waals surface area (Å²) >= 11 is 0. The van der Waals surface area contributed by atoms with E-state index in [1.807, 2.05) is 30.3 Å². The normalized spacial score (nSPS) is 13.0. The summed E-state index contributed by atoms with van der Waals surface area (Å²) in [4.78, 5) is 31.2. The Morgan fingerprint density at radius 1 is 0.724 bits per heavy atom. The Bertz CT molecular complexity index is 1490. The van der Waals surface area contributed by atoms with E-state index in [2.05, 4.69) is 10.2 Å². The number of fused-ring (bicyclic) bond motifs is 6. The molecule has 1 aliphatic carbocycles. The van der Waals surface area contributed by atoms with Crippen molar-refractivity contribution < 1.29 is 9.59 Å². The summed E-state index contributed by atoms with van der Waals surface area (Å²) in [5, 5.41) is 8.97. The Morgan fingerprint density at radius 2 is 1.45 bits per heavy atom. The molecule has 6 heteroatoms. The third-order valence-electron chi connectivity index (χ3n) is 5.33. The van der Waals surface area contributed by atoms with E-state index in [-0.39, 0.29) is 11.6 Å². The Balaban J connectivity index is 1.76. The van der Waals surface area contributed by atoms with Gasteiger partial charge < -0.3 is 0 Å². The van der Waals surface area contributed by atoms with Crippen LogP contribution in [0.3, 0.4) is 0 Å². The topological polar surface area (TPSA) is 77.2 Å². The molecule has 0 N–H and O–H groups in total. The molecule has 0 unspecified atom stereocenters. The van der Waals surface area contributed by atoms with Gasteiger partial charge in [0.05, 0.1) is 11.1 Å². The molecule has 0 bridgehead atoms. The van der Waals surface area contributed by atoms with E-state index >= 15 is 0 Å². The van der Waals surface area contributed by atoms with Crippen LogP contribution in [0.4, 0.5) is 0 Å². The number of rotatable bonds is 1. The number of hydrogen-bond acceptors (Lipinski definition) is 5. The van der Waals surface area contributed by atoms with Crippen LogP contribution in [0.5, 0.6) is 0 Å². The molecular weight excluding hydrogens is 364 g/mol. The van der Waals surface area contributed by atoms with Gasteiger partial charge in [0.25, 0.3) is 0 Å². The van der Waals surface area contributed by atoms with Crippen LogP contribution in [0, 0.1) is 0 Å². The van der Waals surface area contributed by atoms with Gasteiger partial charge in [-0.25, -0.2) is 4.98 Å². The van der Waals surface area contributed by atoms with Crippen molar-refractivity contribution in [2.24, 2.45) is 0 Å². The van der Waals surface area contributed by atoms with Crippen molar-refractivity contribution in [1.82, 2.24) is 19.6 Å². The van der Waals surface area contributed by atoms with Crippen LogP contribution in [-0.2, 0) is 0 Å². The fourth-order valence-corrected chi connectivity index (χ4v) is 3.99. The Labute approximate surface area is 164 Å². The number of ketones is 2. The highest BCUT2D eigenvalue weighted by Gasteiger charge is 2.32. The average molecular weight is 376 g/mol. The van der Waals surface area contributed by atoms with Gasteiger partial charge in [-0.2, -0.15) is 0 Å². The van der Waals surface area contributed by atoms with Crippen LogP contribution >= 0.6 is 0 Å². The van der Waals surface area contributed by atoms with Crippen molar-refractivity contribution in [1.29, 1.82) is 0 Å². The molecule has 0 atom stereocenters. The summed E-state index contributed by atoms with van der Waals surface area (Å²) in [7, 11) is 0. The maximum absolute atomic E-state index is 13.4. The quantitative estimate of drug-likeness (QED) is 0.437. The summed E-state index contributed by atoms with van der Waals surface area (Å²) in [6, 6.07) is 20.0. The molecule has 6 rings (SSSR count). The molecule has 136 valence electrons. The van der Waals surface area contributed by atoms with Gasteiger partial charge >= 0.3 is 0 Å². The highest BCUT2D eigenvalue weighted by molar-refractivity contribution is 6.32. The molecular formula is C23H12N4O2. The summed E-state index contributed by atoms with van der Waals surface area (Å²) in [5.41, 5.74) is 3.46. The average Bonchev–Trinajstić information content (AvgIpc) is 3.27. The van der Waals surface area contributed by atoms with Gasteiger partial charge in [-0.3, -0.25) is 14.0 Å². The van der Waals surface area contributed by atoms with Crippen LogP contribution in [0.2, 0.25) is 0 Å². The zero-order valence-corrected chi connectivity index (χ0v) is 15.0. The fraction of sp³-hybridized carbons (Fsp3) is 0. The Hall–Kier alpha value is -4.19. The molecule has 0 amide bonds. The first-order valence-corrected chi connectivity index (χ1v) is 9.14. The Morgan fingerprint density at radius 3 is 2.24 bits per heavy atom. The summed E-state index contributed by atoms with van der Waals surface area (Å²) in [5.74, 6) is 0.253. The third-order valence-corrected chi connectivity index (χ3v) is 5.33. The predicted molar refractivity (Wildman–Crippen MR) is 107 cm³/mol. The lowest BCUT2D eigenvalue weighted by molar-refractivity contribution is 0.0980. The molecule has 0 saturated carbocycles. The molecule has 0 spiro atoms. The first-order valence-electron chi connectivity index (χ1n) is 9.14. The first kappa shape index (κ1) is 15.8. The zero-order chi connectivity index (χ0) is 19.5. The second-order valence-electron chi connectivity index (χ2n) is 6.91. The van der Waals surface area contributed by atoms with Crippen LogP contribution in [0.1, 0.15) is 31.8 Å². The van der Waals surface area contributed by atoms with Gasteiger partial charge in [0, 0.05) is 27.6 Å². The lowest BCUT2D eigenvalue weighted by Crippen LogP contribution is -2.21. The molecule has 0 fully saturated rings. The number of benzene rings is 3. The number of carbonyl (C=O) groups is 2. The lowest BCUT2D eigenvalue weighted by atomic mass is 9.83. The zero-order valence-electron chi connectivity index (χ0n) is 15.0. The van der Waals surface area contributed by atoms with Crippen molar-refractivity contribution in [3.05, 3.63) is 95.3 Å². The number of nitrogens with zero attached hydrogens (tertiary/aromatic N) is 4. The van der Waals surface area contributed by atoms with E-state index in [0.29, 0.717) is 44.6 Å². The maximum atomic E-state index is 13.4. The van der Waals surface area contributed by atoms with E-state index in [4.69, 9.17) is 4.98 Å². The van der Waals surface area contributed by atoms with Crippen molar-refractivity contribution in [3.63, 3.8) is 0 Å². The van der Waals surface area contributed by atoms with E-state index in [1.165, 1.54) is 0 Å². The molecule has 0 saturated heterocycles. The summed E-state index contributed by atoms with van der Waals surface area (Å²) in [6.07, 6.45) is 1.60. The van der Waals surface area contributed by atoms with Crippen molar-refractivity contribution in [3.8, 4) is 11.4 Å². The van der Waals surface area contributed by atoms with Gasteiger partial charge in [-0.05, 0) is 12.1 Å². The highest BCUT2D eigenvalue weighted by atomic mass is 16.1. The fourth-order valence-electron chi connectivity index (χ4n) is 3.99. The van der Waals surface area contributed by atoms with E-state index in [1.54, 1.807) is 47.1 Å². The molecule has 3 aromatic carbocycles. The number of hydrogen-bond donors (Lipinski definition) is 0. The van der Waals surface area contributed by atoms with Crippen LogP contribution in [0.25, 0.3) is 27.9 Å². The van der Waals surface area contributed by atoms with E-state index in [9.17, 15) is 9.59 Å². The Kier molecular flexibility index (Phi) is 3.09. The maximum Gasteiger partial charge on any atom is 0.196 e. The van der Waals surface area contributed by atoms with Crippen molar-refractivity contribution >= 4 is 28.1 Å². The molecule has 1 aliphatic rings.